The molecule has 0 aliphatic heterocycles. The summed E-state index contributed by atoms with van der Waals surface area (Å²) in [6, 6.07) is 9.38. The highest BCUT2D eigenvalue weighted by atomic mass is 16.2. The van der Waals surface area contributed by atoms with Gasteiger partial charge in [-0.05, 0) is 69.5 Å². The third kappa shape index (κ3) is 4.36. The lowest BCUT2D eigenvalue weighted by atomic mass is 10.1. The normalized spacial score (nSPS) is 11.0. The minimum atomic E-state index is -0.216. The molecule has 0 fully saturated rings. The fourth-order valence-corrected chi connectivity index (χ4v) is 3.85. The van der Waals surface area contributed by atoms with Gasteiger partial charge in [-0.1, -0.05) is 13.0 Å². The second kappa shape index (κ2) is 9.38. The molecule has 0 saturated carbocycles. The first-order chi connectivity index (χ1) is 16.3. The maximum absolute atomic E-state index is 12.9. The van der Waals surface area contributed by atoms with Crippen LogP contribution in [0.4, 0.5) is 11.5 Å². The monoisotopic (exact) mass is 459 g/mol. The van der Waals surface area contributed by atoms with Gasteiger partial charge in [-0.2, -0.15) is 5.10 Å². The number of nitrogens with zero attached hydrogens (tertiary/aromatic N) is 4. The summed E-state index contributed by atoms with van der Waals surface area (Å²) in [4.78, 5) is 29.9. The van der Waals surface area contributed by atoms with Gasteiger partial charge in [0.05, 0.1) is 5.56 Å². The summed E-state index contributed by atoms with van der Waals surface area (Å²) < 4.78 is 3.41. The molecule has 34 heavy (non-hydrogen) atoms. The number of nitrogens with one attached hydrogen (secondary N) is 3. The van der Waals surface area contributed by atoms with Crippen LogP contribution in [0.3, 0.4) is 0 Å². The van der Waals surface area contributed by atoms with Gasteiger partial charge in [-0.3, -0.25) is 19.7 Å². The lowest BCUT2D eigenvalue weighted by Crippen LogP contribution is -2.24. The molecular formula is C25H29N7O2. The molecular weight excluding hydrogens is 430 g/mol. The quantitative estimate of drug-likeness (QED) is 0.387. The van der Waals surface area contributed by atoms with E-state index in [0.717, 1.165) is 34.6 Å². The summed E-state index contributed by atoms with van der Waals surface area (Å²) in [6.45, 7) is 10.3. The number of hydrogen-bond acceptors (Lipinski definition) is 5. The van der Waals surface area contributed by atoms with Crippen molar-refractivity contribution in [1.29, 1.82) is 0 Å². The Morgan fingerprint density at radius 1 is 1.00 bits per heavy atom. The third-order valence-corrected chi connectivity index (χ3v) is 5.84. The summed E-state index contributed by atoms with van der Waals surface area (Å²) in [6.07, 6.45) is 4.00. The van der Waals surface area contributed by atoms with Gasteiger partial charge in [-0.15, -0.1) is 0 Å². The second-order valence-electron chi connectivity index (χ2n) is 8.37. The minimum Gasteiger partial charge on any atom is -0.352 e. The third-order valence-electron chi connectivity index (χ3n) is 5.84. The molecule has 0 spiro atoms. The van der Waals surface area contributed by atoms with Crippen LogP contribution in [-0.4, -0.2) is 37.6 Å². The van der Waals surface area contributed by atoms with Crippen LogP contribution in [-0.2, 0) is 0 Å². The highest BCUT2D eigenvalue weighted by Crippen LogP contribution is 2.27. The molecule has 4 rings (SSSR count). The van der Waals surface area contributed by atoms with E-state index < -0.39 is 0 Å². The van der Waals surface area contributed by atoms with Gasteiger partial charge in [0.1, 0.15) is 11.8 Å². The van der Waals surface area contributed by atoms with Crippen LogP contribution in [0.15, 0.2) is 42.9 Å². The summed E-state index contributed by atoms with van der Waals surface area (Å²) in [5, 5.41) is 10.5. The fraction of sp³-hybridized carbons (Fsp3) is 0.280. The number of aryl methyl sites for hydroxylation is 4. The average molecular weight is 460 g/mol. The van der Waals surface area contributed by atoms with Gasteiger partial charge in [-0.25, -0.2) is 9.50 Å². The second-order valence-corrected chi connectivity index (χ2v) is 8.37. The van der Waals surface area contributed by atoms with Crippen LogP contribution >= 0.6 is 0 Å². The molecule has 0 atom stereocenters. The number of carbonyl (C=O) groups is 2. The molecule has 0 unspecified atom stereocenters. The maximum atomic E-state index is 12.9. The molecule has 176 valence electrons. The molecule has 0 aliphatic rings. The van der Waals surface area contributed by atoms with Gasteiger partial charge in [0, 0.05) is 35.4 Å². The average Bonchev–Trinajstić information content (AvgIpc) is 3.33. The molecule has 9 nitrogen and oxygen atoms in total. The van der Waals surface area contributed by atoms with E-state index in [9.17, 15) is 9.59 Å². The van der Waals surface area contributed by atoms with Crippen molar-refractivity contribution in [3.05, 3.63) is 76.5 Å². The zero-order valence-electron chi connectivity index (χ0n) is 20.1. The largest absolute Gasteiger partial charge is 0.352 e. The highest BCUT2D eigenvalue weighted by Gasteiger charge is 2.18. The van der Waals surface area contributed by atoms with Gasteiger partial charge in [0.25, 0.3) is 11.8 Å². The fourth-order valence-electron chi connectivity index (χ4n) is 3.85. The molecule has 3 aromatic heterocycles. The molecule has 2 amide bonds. The van der Waals surface area contributed by atoms with Gasteiger partial charge in [0.2, 0.25) is 0 Å². The van der Waals surface area contributed by atoms with Crippen molar-refractivity contribution in [2.45, 2.75) is 41.0 Å². The van der Waals surface area contributed by atoms with E-state index in [1.807, 2.05) is 52.8 Å². The lowest BCUT2D eigenvalue weighted by Gasteiger charge is -2.14. The Kier molecular flexibility index (Phi) is 6.36. The van der Waals surface area contributed by atoms with E-state index in [2.05, 4.69) is 26.1 Å². The van der Waals surface area contributed by atoms with Crippen LogP contribution in [0, 0.1) is 27.7 Å². The van der Waals surface area contributed by atoms with Crippen LogP contribution in [0.25, 0.3) is 5.52 Å². The number of amides is 2. The first kappa shape index (κ1) is 23.0. The number of rotatable bonds is 7. The topological polar surface area (TPSA) is 105 Å². The summed E-state index contributed by atoms with van der Waals surface area (Å²) in [5.74, 6) is 0.202. The first-order valence-electron chi connectivity index (χ1n) is 11.2. The Bertz CT molecular complexity index is 1360. The van der Waals surface area contributed by atoms with E-state index in [0.29, 0.717) is 29.0 Å². The molecule has 3 heterocycles. The van der Waals surface area contributed by atoms with Crippen molar-refractivity contribution in [2.24, 2.45) is 0 Å². The Labute approximate surface area is 198 Å². The Morgan fingerprint density at radius 2 is 1.74 bits per heavy atom. The zero-order chi connectivity index (χ0) is 24.4. The molecule has 0 aliphatic carbocycles. The molecule has 1 aromatic carbocycles. The van der Waals surface area contributed by atoms with Crippen molar-refractivity contribution in [1.82, 2.24) is 24.6 Å². The number of hydrogen-bond donors (Lipinski definition) is 3. The molecule has 9 heteroatoms. The van der Waals surface area contributed by atoms with Crippen molar-refractivity contribution < 1.29 is 9.59 Å². The van der Waals surface area contributed by atoms with E-state index >= 15 is 0 Å². The highest BCUT2D eigenvalue weighted by molar-refractivity contribution is 6.01. The Morgan fingerprint density at radius 3 is 2.44 bits per heavy atom. The van der Waals surface area contributed by atoms with Gasteiger partial charge < -0.3 is 10.6 Å². The molecule has 0 bridgehead atoms. The molecule has 0 saturated heterocycles. The van der Waals surface area contributed by atoms with Gasteiger partial charge in [0.15, 0.2) is 5.82 Å². The number of fused-ring (bicyclic) bond motifs is 1. The van der Waals surface area contributed by atoms with Gasteiger partial charge >= 0.3 is 0 Å². The van der Waals surface area contributed by atoms with Crippen molar-refractivity contribution in [3.8, 4) is 0 Å². The number of benzene rings is 1. The molecule has 3 N–H and O–H groups in total. The SMILES string of the molecule is CCCNC(=O)c1cn2ncnc(Nc3cc(C(=O)Nn4c(C)ccc4C)ccc3C)c2c1C. The maximum Gasteiger partial charge on any atom is 0.270 e. The van der Waals surface area contributed by atoms with Crippen molar-refractivity contribution in [2.75, 3.05) is 17.3 Å². The van der Waals surface area contributed by atoms with Crippen molar-refractivity contribution in [3.63, 3.8) is 0 Å². The van der Waals surface area contributed by atoms with Crippen molar-refractivity contribution >= 4 is 28.8 Å². The zero-order valence-corrected chi connectivity index (χ0v) is 20.1. The molecule has 0 radical (unpaired) electrons. The predicted molar refractivity (Wildman–Crippen MR) is 132 cm³/mol. The Balaban J connectivity index is 1.65. The summed E-state index contributed by atoms with van der Waals surface area (Å²) in [5.41, 5.74) is 9.07. The van der Waals surface area contributed by atoms with E-state index in [1.54, 1.807) is 27.5 Å². The van der Waals surface area contributed by atoms with Crippen LogP contribution in [0.5, 0.6) is 0 Å². The summed E-state index contributed by atoms with van der Waals surface area (Å²) >= 11 is 0. The number of anilines is 2. The minimum absolute atomic E-state index is 0.138. The predicted octanol–water partition coefficient (Wildman–Crippen LogP) is 4.03. The molecule has 4 aromatic rings. The lowest BCUT2D eigenvalue weighted by molar-refractivity contribution is 0.0952. The Hall–Kier alpha value is -4.14. The van der Waals surface area contributed by atoms with Crippen LogP contribution in [0.2, 0.25) is 0 Å². The smallest absolute Gasteiger partial charge is 0.270 e. The number of carbonyl (C=O) groups excluding carboxylic acids is 2. The van der Waals surface area contributed by atoms with E-state index in [4.69, 9.17) is 0 Å². The first-order valence-corrected chi connectivity index (χ1v) is 11.2. The van der Waals surface area contributed by atoms with E-state index in [-0.39, 0.29) is 11.8 Å². The summed E-state index contributed by atoms with van der Waals surface area (Å²) in [7, 11) is 0. The number of aromatic nitrogens is 4. The van der Waals surface area contributed by atoms with Crippen LogP contribution < -0.4 is 16.1 Å². The van der Waals surface area contributed by atoms with Crippen LogP contribution in [0.1, 0.15) is 56.6 Å². The standard InChI is InChI=1S/C25H29N7O2/c1-6-11-26-25(34)20-13-31-22(18(20)5)23(27-14-28-31)29-21-12-19(10-7-15(21)2)24(33)30-32-16(3)8-9-17(32)4/h7-10,12-14H,6,11H2,1-5H3,(H,26,34)(H,30,33)(H,27,28,29). The van der Waals surface area contributed by atoms with E-state index in [1.165, 1.54) is 6.33 Å².